The molecule has 1 aliphatic carbocycles. The SMILES string of the molecule is CC(C)[C@H]1CC[C@@H](C)C[C@H]1C(=O)Nc1ccc(CC#N)cc1. The summed E-state index contributed by atoms with van der Waals surface area (Å²) in [6.45, 7) is 6.68. The first-order valence-corrected chi connectivity index (χ1v) is 8.28. The average Bonchev–Trinajstić information content (AvgIpc) is 2.49. The van der Waals surface area contributed by atoms with E-state index in [4.69, 9.17) is 5.26 Å². The van der Waals surface area contributed by atoms with Crippen LogP contribution in [0, 0.1) is 35.0 Å². The van der Waals surface area contributed by atoms with Crippen LogP contribution in [0.4, 0.5) is 5.69 Å². The van der Waals surface area contributed by atoms with E-state index in [-0.39, 0.29) is 11.8 Å². The van der Waals surface area contributed by atoms with Gasteiger partial charge < -0.3 is 5.32 Å². The van der Waals surface area contributed by atoms with Gasteiger partial charge >= 0.3 is 0 Å². The molecule has 1 aliphatic rings. The number of amides is 1. The molecule has 0 aliphatic heterocycles. The zero-order valence-corrected chi connectivity index (χ0v) is 13.8. The molecule has 3 atom stereocenters. The third-order valence-corrected chi connectivity index (χ3v) is 4.86. The number of hydrogen-bond acceptors (Lipinski definition) is 2. The highest BCUT2D eigenvalue weighted by Crippen LogP contribution is 2.38. The number of benzene rings is 1. The molecule has 1 N–H and O–H groups in total. The third kappa shape index (κ3) is 4.10. The van der Waals surface area contributed by atoms with Gasteiger partial charge in [-0.25, -0.2) is 0 Å². The lowest BCUT2D eigenvalue weighted by molar-refractivity contribution is -0.123. The maximum atomic E-state index is 12.7. The van der Waals surface area contributed by atoms with Gasteiger partial charge in [0.2, 0.25) is 5.91 Å². The summed E-state index contributed by atoms with van der Waals surface area (Å²) in [5, 5.41) is 11.8. The molecule has 3 heteroatoms. The Morgan fingerprint density at radius 3 is 2.59 bits per heavy atom. The molecule has 22 heavy (non-hydrogen) atoms. The first kappa shape index (κ1) is 16.5. The topological polar surface area (TPSA) is 52.9 Å². The van der Waals surface area contributed by atoms with Crippen LogP contribution in [0.5, 0.6) is 0 Å². The molecule has 3 nitrogen and oxygen atoms in total. The van der Waals surface area contributed by atoms with Crippen molar-refractivity contribution in [3.8, 4) is 6.07 Å². The molecule has 1 fully saturated rings. The number of carbonyl (C=O) groups excluding carboxylic acids is 1. The summed E-state index contributed by atoms with van der Waals surface area (Å²) in [6.07, 6.45) is 3.78. The maximum absolute atomic E-state index is 12.7. The standard InChI is InChI=1S/C19H26N2O/c1-13(2)17-9-4-14(3)12-18(17)19(22)21-16-7-5-15(6-8-16)10-11-20/h5-8,13-14,17-18H,4,9-10,12H2,1-3H3,(H,21,22)/t14-,17-,18-/m1/s1. The van der Waals surface area contributed by atoms with Crippen LogP contribution in [0.2, 0.25) is 0 Å². The Morgan fingerprint density at radius 2 is 2.00 bits per heavy atom. The molecule has 118 valence electrons. The minimum atomic E-state index is 0.113. The van der Waals surface area contributed by atoms with E-state index in [1.54, 1.807) is 0 Å². The number of carbonyl (C=O) groups is 1. The average molecular weight is 298 g/mol. The van der Waals surface area contributed by atoms with Crippen LogP contribution < -0.4 is 5.32 Å². The number of nitrogens with zero attached hydrogens (tertiary/aromatic N) is 1. The van der Waals surface area contributed by atoms with Gasteiger partial charge in [0, 0.05) is 11.6 Å². The van der Waals surface area contributed by atoms with E-state index in [0.29, 0.717) is 24.2 Å². The maximum Gasteiger partial charge on any atom is 0.227 e. The molecule has 0 unspecified atom stereocenters. The molecular formula is C19H26N2O. The van der Waals surface area contributed by atoms with Gasteiger partial charge in [0.1, 0.15) is 0 Å². The lowest BCUT2D eigenvalue weighted by Gasteiger charge is -2.36. The molecule has 0 spiro atoms. The van der Waals surface area contributed by atoms with E-state index >= 15 is 0 Å². The zero-order chi connectivity index (χ0) is 16.1. The highest BCUT2D eigenvalue weighted by atomic mass is 16.1. The van der Waals surface area contributed by atoms with E-state index in [0.717, 1.165) is 24.1 Å². The number of nitrogens with one attached hydrogen (secondary N) is 1. The molecule has 0 heterocycles. The van der Waals surface area contributed by atoms with Crippen molar-refractivity contribution in [3.63, 3.8) is 0 Å². The number of nitriles is 1. The molecule has 1 amide bonds. The minimum absolute atomic E-state index is 0.113. The van der Waals surface area contributed by atoms with Crippen LogP contribution in [-0.4, -0.2) is 5.91 Å². The van der Waals surface area contributed by atoms with Crippen molar-refractivity contribution in [3.05, 3.63) is 29.8 Å². The summed E-state index contributed by atoms with van der Waals surface area (Å²) in [4.78, 5) is 12.7. The van der Waals surface area contributed by atoms with Gasteiger partial charge in [-0.1, -0.05) is 39.3 Å². The van der Waals surface area contributed by atoms with Crippen molar-refractivity contribution >= 4 is 11.6 Å². The van der Waals surface area contributed by atoms with Crippen LogP contribution in [0.3, 0.4) is 0 Å². The second-order valence-electron chi connectivity index (χ2n) is 6.95. The first-order valence-electron chi connectivity index (χ1n) is 8.28. The van der Waals surface area contributed by atoms with Crippen LogP contribution in [-0.2, 0) is 11.2 Å². The Balaban J connectivity index is 2.04. The molecule has 0 bridgehead atoms. The largest absolute Gasteiger partial charge is 0.326 e. The van der Waals surface area contributed by atoms with Crippen LogP contribution in [0.15, 0.2) is 24.3 Å². The predicted molar refractivity (Wildman–Crippen MR) is 89.2 cm³/mol. The van der Waals surface area contributed by atoms with E-state index in [1.807, 2.05) is 24.3 Å². The number of hydrogen-bond donors (Lipinski definition) is 1. The van der Waals surface area contributed by atoms with Crippen molar-refractivity contribution in [1.29, 1.82) is 5.26 Å². The van der Waals surface area contributed by atoms with Gasteiger partial charge in [-0.05, 0) is 48.3 Å². The Labute approximate surface area is 133 Å². The van der Waals surface area contributed by atoms with Crippen molar-refractivity contribution in [1.82, 2.24) is 0 Å². The smallest absolute Gasteiger partial charge is 0.227 e. The molecule has 0 aromatic heterocycles. The molecule has 2 rings (SSSR count). The lowest BCUT2D eigenvalue weighted by atomic mass is 9.70. The van der Waals surface area contributed by atoms with Crippen molar-refractivity contribution in [2.45, 2.75) is 46.5 Å². The highest BCUT2D eigenvalue weighted by molar-refractivity contribution is 5.92. The number of anilines is 1. The van der Waals surface area contributed by atoms with Crippen LogP contribution >= 0.6 is 0 Å². The van der Waals surface area contributed by atoms with Crippen molar-refractivity contribution < 1.29 is 4.79 Å². The van der Waals surface area contributed by atoms with E-state index in [1.165, 1.54) is 6.42 Å². The Bertz CT molecular complexity index is 542. The zero-order valence-electron chi connectivity index (χ0n) is 13.8. The quantitative estimate of drug-likeness (QED) is 0.895. The minimum Gasteiger partial charge on any atom is -0.326 e. The van der Waals surface area contributed by atoms with Gasteiger partial charge in [0.15, 0.2) is 0 Å². The first-order chi connectivity index (χ1) is 10.5. The fourth-order valence-electron chi connectivity index (χ4n) is 3.54. The normalized spacial score (nSPS) is 24.8. The molecule has 1 aromatic rings. The summed E-state index contributed by atoms with van der Waals surface area (Å²) in [7, 11) is 0. The summed E-state index contributed by atoms with van der Waals surface area (Å²) in [5.74, 6) is 1.92. The van der Waals surface area contributed by atoms with Gasteiger partial charge in [-0.15, -0.1) is 0 Å². The van der Waals surface area contributed by atoms with E-state index in [9.17, 15) is 4.79 Å². The highest BCUT2D eigenvalue weighted by Gasteiger charge is 2.35. The fraction of sp³-hybridized carbons (Fsp3) is 0.579. The summed E-state index contributed by atoms with van der Waals surface area (Å²) >= 11 is 0. The van der Waals surface area contributed by atoms with E-state index < -0.39 is 0 Å². The summed E-state index contributed by atoms with van der Waals surface area (Å²) in [6, 6.07) is 9.72. The van der Waals surface area contributed by atoms with Crippen molar-refractivity contribution in [2.24, 2.45) is 23.7 Å². The molecular weight excluding hydrogens is 272 g/mol. The van der Waals surface area contributed by atoms with Gasteiger partial charge in [-0.2, -0.15) is 5.26 Å². The van der Waals surface area contributed by atoms with Crippen LogP contribution in [0.1, 0.15) is 45.6 Å². The molecule has 1 saturated carbocycles. The Morgan fingerprint density at radius 1 is 1.32 bits per heavy atom. The van der Waals surface area contributed by atoms with Gasteiger partial charge in [0.05, 0.1) is 12.5 Å². The molecule has 0 radical (unpaired) electrons. The van der Waals surface area contributed by atoms with E-state index in [2.05, 4.69) is 32.2 Å². The molecule has 1 aromatic carbocycles. The third-order valence-electron chi connectivity index (χ3n) is 4.86. The number of rotatable bonds is 4. The second kappa shape index (κ2) is 7.45. The second-order valence-corrected chi connectivity index (χ2v) is 6.95. The predicted octanol–water partition coefficient (Wildman–Crippen LogP) is 4.40. The van der Waals surface area contributed by atoms with Gasteiger partial charge in [-0.3, -0.25) is 4.79 Å². The van der Waals surface area contributed by atoms with Crippen LogP contribution in [0.25, 0.3) is 0 Å². The fourth-order valence-corrected chi connectivity index (χ4v) is 3.54. The lowest BCUT2D eigenvalue weighted by Crippen LogP contribution is -2.36. The summed E-state index contributed by atoms with van der Waals surface area (Å²) in [5.41, 5.74) is 1.80. The van der Waals surface area contributed by atoms with Gasteiger partial charge in [0.25, 0.3) is 0 Å². The molecule has 0 saturated heterocycles. The Hall–Kier alpha value is -1.82. The monoisotopic (exact) mass is 298 g/mol. The summed E-state index contributed by atoms with van der Waals surface area (Å²) < 4.78 is 0. The Kier molecular flexibility index (Phi) is 5.60. The van der Waals surface area contributed by atoms with Crippen molar-refractivity contribution in [2.75, 3.05) is 5.32 Å².